The predicted octanol–water partition coefficient (Wildman–Crippen LogP) is 4.78. The molecule has 0 radical (unpaired) electrons. The monoisotopic (exact) mass is 458 g/mol. The Hall–Kier alpha value is -2.59. The van der Waals surface area contributed by atoms with E-state index in [4.69, 9.17) is 4.74 Å². The van der Waals surface area contributed by atoms with Crippen LogP contribution in [-0.4, -0.2) is 37.8 Å². The molecule has 1 N–H and O–H groups in total. The lowest BCUT2D eigenvalue weighted by Crippen LogP contribution is -2.30. The Bertz CT molecular complexity index is 1030. The van der Waals surface area contributed by atoms with Gasteiger partial charge in [0, 0.05) is 18.7 Å². The third kappa shape index (κ3) is 5.98. The van der Waals surface area contributed by atoms with Gasteiger partial charge in [-0.25, -0.2) is 8.42 Å². The van der Waals surface area contributed by atoms with Gasteiger partial charge in [0.2, 0.25) is 10.0 Å². The van der Waals surface area contributed by atoms with Crippen molar-refractivity contribution in [3.8, 4) is 5.75 Å². The van der Waals surface area contributed by atoms with Crippen LogP contribution in [0.1, 0.15) is 43.6 Å². The Morgan fingerprint density at radius 1 is 1.10 bits per heavy atom. The molecule has 6 nitrogen and oxygen atoms in total. The molecule has 0 saturated heterocycles. The Balaban J connectivity index is 2.47. The molecule has 0 aliphatic rings. The van der Waals surface area contributed by atoms with Crippen LogP contribution >= 0.6 is 0 Å². The number of alkyl halides is 3. The zero-order valence-corrected chi connectivity index (χ0v) is 18.5. The van der Waals surface area contributed by atoms with Crippen LogP contribution in [0.5, 0.6) is 5.75 Å². The van der Waals surface area contributed by atoms with Crippen LogP contribution < -0.4 is 10.1 Å². The number of hydrogen-bond acceptors (Lipinski definition) is 4. The Morgan fingerprint density at radius 2 is 1.74 bits per heavy atom. The van der Waals surface area contributed by atoms with E-state index in [-0.39, 0.29) is 41.1 Å². The highest BCUT2D eigenvalue weighted by atomic mass is 32.2. The lowest BCUT2D eigenvalue weighted by atomic mass is 10.1. The molecular formula is C21H25F3N2O4S. The maximum Gasteiger partial charge on any atom is 0.416 e. The Morgan fingerprint density at radius 3 is 2.29 bits per heavy atom. The molecule has 1 amide bonds. The summed E-state index contributed by atoms with van der Waals surface area (Å²) in [4.78, 5) is 12.6. The first-order valence-corrected chi connectivity index (χ1v) is 11.1. The van der Waals surface area contributed by atoms with E-state index in [1.165, 1.54) is 28.6 Å². The topological polar surface area (TPSA) is 75.7 Å². The van der Waals surface area contributed by atoms with Gasteiger partial charge in [-0.2, -0.15) is 17.5 Å². The molecule has 0 spiro atoms. The summed E-state index contributed by atoms with van der Waals surface area (Å²) in [7, 11) is -3.82. The standard InChI is InChI=1S/C21H25F3N2O4S/c1-5-26(6-2)31(28,29)17-10-11-19(30-14(3)4)18(13-17)25-20(27)15-8-7-9-16(12-15)21(22,23)24/h7-14H,5-6H2,1-4H3,(H,25,27). The summed E-state index contributed by atoms with van der Waals surface area (Å²) in [5.41, 5.74) is -1.14. The number of carbonyl (C=O) groups excluding carboxylic acids is 1. The first kappa shape index (κ1) is 24.7. The van der Waals surface area contributed by atoms with E-state index in [9.17, 15) is 26.4 Å². The van der Waals surface area contributed by atoms with Crippen molar-refractivity contribution in [2.24, 2.45) is 0 Å². The van der Waals surface area contributed by atoms with E-state index < -0.39 is 27.7 Å². The van der Waals surface area contributed by atoms with Crippen molar-refractivity contribution in [3.05, 3.63) is 53.6 Å². The summed E-state index contributed by atoms with van der Waals surface area (Å²) in [5.74, 6) is -0.620. The van der Waals surface area contributed by atoms with Crippen LogP contribution in [0.2, 0.25) is 0 Å². The quantitative estimate of drug-likeness (QED) is 0.618. The van der Waals surface area contributed by atoms with Gasteiger partial charge < -0.3 is 10.1 Å². The number of nitrogens with zero attached hydrogens (tertiary/aromatic N) is 1. The van der Waals surface area contributed by atoms with Crippen LogP contribution in [0.3, 0.4) is 0 Å². The zero-order valence-electron chi connectivity index (χ0n) is 17.7. The predicted molar refractivity (Wildman–Crippen MR) is 112 cm³/mol. The Labute approximate surface area is 180 Å². The van der Waals surface area contributed by atoms with Crippen molar-refractivity contribution in [3.63, 3.8) is 0 Å². The number of carbonyl (C=O) groups is 1. The number of ether oxygens (including phenoxy) is 1. The molecule has 0 aromatic heterocycles. The molecule has 0 heterocycles. The fourth-order valence-electron chi connectivity index (χ4n) is 2.87. The van der Waals surface area contributed by atoms with Crippen LogP contribution in [0.15, 0.2) is 47.4 Å². The van der Waals surface area contributed by atoms with Crippen molar-refractivity contribution >= 4 is 21.6 Å². The molecule has 2 rings (SSSR count). The molecule has 0 bridgehead atoms. The third-order valence-electron chi connectivity index (χ3n) is 4.36. The van der Waals surface area contributed by atoms with Gasteiger partial charge in [0.05, 0.1) is 22.3 Å². The molecule has 170 valence electrons. The highest BCUT2D eigenvalue weighted by Gasteiger charge is 2.31. The van der Waals surface area contributed by atoms with Crippen molar-refractivity contribution in [1.82, 2.24) is 4.31 Å². The second kappa shape index (κ2) is 9.69. The minimum absolute atomic E-state index is 0.0457. The maximum absolute atomic E-state index is 13.0. The molecule has 0 unspecified atom stereocenters. The summed E-state index contributed by atoms with van der Waals surface area (Å²) in [6.07, 6.45) is -4.88. The smallest absolute Gasteiger partial charge is 0.416 e. The molecule has 0 saturated carbocycles. The molecule has 31 heavy (non-hydrogen) atoms. The number of hydrogen-bond donors (Lipinski definition) is 1. The number of sulfonamides is 1. The maximum atomic E-state index is 13.0. The molecule has 0 aliphatic heterocycles. The number of benzene rings is 2. The van der Waals surface area contributed by atoms with E-state index in [0.717, 1.165) is 18.2 Å². The van der Waals surface area contributed by atoms with Crippen molar-refractivity contribution in [2.45, 2.75) is 44.9 Å². The zero-order chi connectivity index (χ0) is 23.4. The van der Waals surface area contributed by atoms with Crippen molar-refractivity contribution in [2.75, 3.05) is 18.4 Å². The van der Waals surface area contributed by atoms with Gasteiger partial charge in [-0.1, -0.05) is 19.9 Å². The summed E-state index contributed by atoms with van der Waals surface area (Å²) in [5, 5.41) is 2.48. The molecule has 0 fully saturated rings. The van der Waals surface area contributed by atoms with Gasteiger partial charge in [-0.3, -0.25) is 4.79 Å². The third-order valence-corrected chi connectivity index (χ3v) is 6.40. The van der Waals surface area contributed by atoms with E-state index in [1.807, 2.05) is 0 Å². The number of nitrogens with one attached hydrogen (secondary N) is 1. The van der Waals surface area contributed by atoms with Gasteiger partial charge in [-0.15, -0.1) is 0 Å². The highest BCUT2D eigenvalue weighted by Crippen LogP contribution is 2.32. The van der Waals surface area contributed by atoms with Crippen LogP contribution in [0.25, 0.3) is 0 Å². The largest absolute Gasteiger partial charge is 0.489 e. The van der Waals surface area contributed by atoms with E-state index >= 15 is 0 Å². The molecule has 2 aromatic rings. The van der Waals surface area contributed by atoms with Gasteiger partial charge in [0.1, 0.15) is 5.75 Å². The normalized spacial score (nSPS) is 12.3. The molecule has 2 aromatic carbocycles. The number of anilines is 1. The van der Waals surface area contributed by atoms with Gasteiger partial charge in [0.15, 0.2) is 0 Å². The second-order valence-electron chi connectivity index (χ2n) is 6.95. The highest BCUT2D eigenvalue weighted by molar-refractivity contribution is 7.89. The van der Waals surface area contributed by atoms with Gasteiger partial charge in [-0.05, 0) is 50.2 Å². The summed E-state index contributed by atoms with van der Waals surface area (Å²) >= 11 is 0. The second-order valence-corrected chi connectivity index (χ2v) is 8.88. The molecular weight excluding hydrogens is 433 g/mol. The lowest BCUT2D eigenvalue weighted by Gasteiger charge is -2.20. The van der Waals surface area contributed by atoms with E-state index in [2.05, 4.69) is 5.32 Å². The van der Waals surface area contributed by atoms with E-state index in [1.54, 1.807) is 27.7 Å². The first-order valence-electron chi connectivity index (χ1n) is 9.69. The van der Waals surface area contributed by atoms with Gasteiger partial charge in [0.25, 0.3) is 5.91 Å². The average Bonchev–Trinajstić information content (AvgIpc) is 2.69. The fraction of sp³-hybridized carbons (Fsp3) is 0.381. The number of halogens is 3. The first-order chi connectivity index (χ1) is 14.4. The SMILES string of the molecule is CCN(CC)S(=O)(=O)c1ccc(OC(C)C)c(NC(=O)c2cccc(C(F)(F)F)c2)c1. The molecule has 0 atom stereocenters. The lowest BCUT2D eigenvalue weighted by molar-refractivity contribution is -0.137. The number of amides is 1. The average molecular weight is 459 g/mol. The summed E-state index contributed by atoms with van der Waals surface area (Å²) in [6.45, 7) is 7.42. The van der Waals surface area contributed by atoms with Crippen molar-refractivity contribution in [1.29, 1.82) is 0 Å². The Kier molecular flexibility index (Phi) is 7.72. The molecule has 10 heteroatoms. The summed E-state index contributed by atoms with van der Waals surface area (Å²) < 4.78 is 71.5. The summed E-state index contributed by atoms with van der Waals surface area (Å²) in [6, 6.07) is 7.99. The van der Waals surface area contributed by atoms with Crippen molar-refractivity contribution < 1.29 is 31.1 Å². The number of rotatable bonds is 8. The van der Waals surface area contributed by atoms with Gasteiger partial charge >= 0.3 is 6.18 Å². The van der Waals surface area contributed by atoms with Crippen LogP contribution in [-0.2, 0) is 16.2 Å². The van der Waals surface area contributed by atoms with Crippen LogP contribution in [0, 0.1) is 0 Å². The van der Waals surface area contributed by atoms with E-state index in [0.29, 0.717) is 0 Å². The fourth-order valence-corrected chi connectivity index (χ4v) is 4.35. The minimum Gasteiger partial charge on any atom is -0.489 e. The molecule has 0 aliphatic carbocycles. The van der Waals surface area contributed by atoms with Crippen LogP contribution in [0.4, 0.5) is 18.9 Å². The minimum atomic E-state index is -4.60.